The Labute approximate surface area is 150 Å². The summed E-state index contributed by atoms with van der Waals surface area (Å²) in [6.07, 6.45) is 0. The summed E-state index contributed by atoms with van der Waals surface area (Å²) in [6.45, 7) is 6.13. The van der Waals surface area contributed by atoms with Crippen molar-refractivity contribution in [3.8, 4) is 5.75 Å². The molecular formula is C17H20ClN3O2S. The quantitative estimate of drug-likeness (QED) is 0.817. The Morgan fingerprint density at radius 3 is 2.58 bits per heavy atom. The third-order valence-electron chi connectivity index (χ3n) is 3.93. The average Bonchev–Trinajstić information content (AvgIpc) is 2.99. The number of benzene rings is 1. The number of amides is 1. The molecule has 24 heavy (non-hydrogen) atoms. The molecule has 1 aliphatic rings. The lowest BCUT2D eigenvalue weighted by Crippen LogP contribution is -2.49. The molecule has 1 saturated heterocycles. The number of rotatable bonds is 5. The molecule has 1 aliphatic heterocycles. The highest BCUT2D eigenvalue weighted by atomic mass is 35.5. The number of thiazole rings is 1. The van der Waals surface area contributed by atoms with Crippen LogP contribution in [0.1, 0.15) is 10.7 Å². The summed E-state index contributed by atoms with van der Waals surface area (Å²) in [4.78, 5) is 20.9. The molecule has 1 amide bonds. The van der Waals surface area contributed by atoms with E-state index in [-0.39, 0.29) is 12.5 Å². The van der Waals surface area contributed by atoms with Crippen LogP contribution in [-0.2, 0) is 11.3 Å². The number of carbonyl (C=O) groups is 1. The molecule has 5 nitrogen and oxygen atoms in total. The summed E-state index contributed by atoms with van der Waals surface area (Å²) in [6, 6.07) is 7.04. The van der Waals surface area contributed by atoms with E-state index in [0.717, 1.165) is 43.4 Å². The van der Waals surface area contributed by atoms with Crippen LogP contribution in [0.5, 0.6) is 5.75 Å². The highest BCUT2D eigenvalue weighted by Crippen LogP contribution is 2.16. The van der Waals surface area contributed by atoms with Crippen LogP contribution in [0.4, 0.5) is 0 Å². The van der Waals surface area contributed by atoms with Gasteiger partial charge in [0.05, 0.1) is 6.54 Å². The topological polar surface area (TPSA) is 45.7 Å². The maximum atomic E-state index is 12.3. The van der Waals surface area contributed by atoms with E-state index in [1.54, 1.807) is 35.6 Å². The molecule has 1 aromatic heterocycles. The molecule has 0 unspecified atom stereocenters. The Bertz CT molecular complexity index is 681. The van der Waals surface area contributed by atoms with Crippen LogP contribution in [0.2, 0.25) is 5.02 Å². The van der Waals surface area contributed by atoms with Crippen molar-refractivity contribution >= 4 is 28.8 Å². The molecule has 0 radical (unpaired) electrons. The number of aryl methyl sites for hydroxylation is 1. The van der Waals surface area contributed by atoms with Crippen LogP contribution in [-0.4, -0.2) is 53.5 Å². The summed E-state index contributed by atoms with van der Waals surface area (Å²) in [5.41, 5.74) is 1.07. The predicted molar refractivity (Wildman–Crippen MR) is 95.7 cm³/mol. The maximum Gasteiger partial charge on any atom is 0.260 e. The van der Waals surface area contributed by atoms with Gasteiger partial charge in [-0.3, -0.25) is 9.69 Å². The fourth-order valence-corrected chi connectivity index (χ4v) is 3.53. The smallest absolute Gasteiger partial charge is 0.260 e. The molecule has 0 saturated carbocycles. The summed E-state index contributed by atoms with van der Waals surface area (Å²) in [7, 11) is 0. The molecule has 3 rings (SSSR count). The Kier molecular flexibility index (Phi) is 5.71. The second-order valence-electron chi connectivity index (χ2n) is 5.78. The number of piperazine rings is 1. The van der Waals surface area contributed by atoms with Gasteiger partial charge >= 0.3 is 0 Å². The second kappa shape index (κ2) is 7.96. The normalized spacial score (nSPS) is 15.5. The van der Waals surface area contributed by atoms with Gasteiger partial charge in [-0.15, -0.1) is 11.3 Å². The molecule has 0 spiro atoms. The molecular weight excluding hydrogens is 346 g/mol. The molecule has 2 heterocycles. The molecule has 1 aromatic carbocycles. The molecule has 7 heteroatoms. The Morgan fingerprint density at radius 1 is 1.25 bits per heavy atom. The van der Waals surface area contributed by atoms with Gasteiger partial charge < -0.3 is 9.64 Å². The summed E-state index contributed by atoms with van der Waals surface area (Å²) < 4.78 is 5.53. The standard InChI is InChI=1S/C17H20ClN3O2S/c1-13-12-24-16(19-13)10-20-6-8-21(9-7-20)17(22)11-23-15-4-2-14(18)3-5-15/h2-5,12H,6-11H2,1H3. The molecule has 128 valence electrons. The zero-order chi connectivity index (χ0) is 16.9. The van der Waals surface area contributed by atoms with E-state index in [0.29, 0.717) is 10.8 Å². The Balaban J connectivity index is 1.42. The SMILES string of the molecule is Cc1csc(CN2CCN(C(=O)COc3ccc(Cl)cc3)CC2)n1. The van der Waals surface area contributed by atoms with Gasteiger partial charge in [0.15, 0.2) is 6.61 Å². The molecule has 2 aromatic rings. The summed E-state index contributed by atoms with van der Waals surface area (Å²) in [5.74, 6) is 0.681. The lowest BCUT2D eigenvalue weighted by atomic mass is 10.3. The van der Waals surface area contributed by atoms with Gasteiger partial charge in [0, 0.05) is 42.3 Å². The van der Waals surface area contributed by atoms with Crippen molar-refractivity contribution in [1.29, 1.82) is 0 Å². The second-order valence-corrected chi connectivity index (χ2v) is 7.16. The molecule has 0 N–H and O–H groups in total. The first-order chi connectivity index (χ1) is 11.6. The minimum atomic E-state index is 0.0229. The third-order valence-corrected chi connectivity index (χ3v) is 5.13. The first-order valence-electron chi connectivity index (χ1n) is 7.89. The zero-order valence-electron chi connectivity index (χ0n) is 13.6. The van der Waals surface area contributed by atoms with E-state index in [9.17, 15) is 4.79 Å². The monoisotopic (exact) mass is 365 g/mol. The van der Waals surface area contributed by atoms with E-state index in [2.05, 4.69) is 15.3 Å². The fourth-order valence-electron chi connectivity index (χ4n) is 2.59. The minimum absolute atomic E-state index is 0.0229. The van der Waals surface area contributed by atoms with E-state index >= 15 is 0 Å². The first-order valence-corrected chi connectivity index (χ1v) is 9.15. The van der Waals surface area contributed by atoms with Gasteiger partial charge in [-0.2, -0.15) is 0 Å². The number of ether oxygens (including phenoxy) is 1. The largest absolute Gasteiger partial charge is 0.484 e. The minimum Gasteiger partial charge on any atom is -0.484 e. The average molecular weight is 366 g/mol. The van der Waals surface area contributed by atoms with Crippen molar-refractivity contribution in [2.75, 3.05) is 32.8 Å². The molecule has 1 fully saturated rings. The van der Waals surface area contributed by atoms with Crippen molar-refractivity contribution < 1.29 is 9.53 Å². The number of halogens is 1. The number of aromatic nitrogens is 1. The van der Waals surface area contributed by atoms with E-state index < -0.39 is 0 Å². The Morgan fingerprint density at radius 2 is 1.96 bits per heavy atom. The number of carbonyl (C=O) groups excluding carboxylic acids is 1. The highest BCUT2D eigenvalue weighted by molar-refractivity contribution is 7.09. The maximum absolute atomic E-state index is 12.3. The van der Waals surface area contributed by atoms with Crippen LogP contribution in [0.3, 0.4) is 0 Å². The molecule has 0 aliphatic carbocycles. The Hall–Kier alpha value is -1.63. The van der Waals surface area contributed by atoms with Crippen LogP contribution in [0.25, 0.3) is 0 Å². The van der Waals surface area contributed by atoms with Crippen LogP contribution in [0, 0.1) is 6.92 Å². The van der Waals surface area contributed by atoms with Crippen molar-refractivity contribution in [2.45, 2.75) is 13.5 Å². The van der Waals surface area contributed by atoms with E-state index in [4.69, 9.17) is 16.3 Å². The third kappa shape index (κ3) is 4.69. The lowest BCUT2D eigenvalue weighted by Gasteiger charge is -2.34. The molecule has 0 bridgehead atoms. The van der Waals surface area contributed by atoms with Crippen molar-refractivity contribution in [2.24, 2.45) is 0 Å². The van der Waals surface area contributed by atoms with Crippen LogP contribution >= 0.6 is 22.9 Å². The summed E-state index contributed by atoms with van der Waals surface area (Å²) >= 11 is 7.52. The van der Waals surface area contributed by atoms with E-state index in [1.807, 2.05) is 11.8 Å². The van der Waals surface area contributed by atoms with Gasteiger partial charge in [-0.1, -0.05) is 11.6 Å². The zero-order valence-corrected chi connectivity index (χ0v) is 15.1. The lowest BCUT2D eigenvalue weighted by molar-refractivity contribution is -0.135. The number of nitrogens with zero attached hydrogens (tertiary/aromatic N) is 3. The molecule has 0 atom stereocenters. The van der Waals surface area contributed by atoms with Gasteiger partial charge in [0.25, 0.3) is 5.91 Å². The number of hydrogen-bond acceptors (Lipinski definition) is 5. The highest BCUT2D eigenvalue weighted by Gasteiger charge is 2.22. The van der Waals surface area contributed by atoms with Gasteiger partial charge in [0.2, 0.25) is 0 Å². The van der Waals surface area contributed by atoms with Crippen molar-refractivity contribution in [3.05, 3.63) is 45.4 Å². The summed E-state index contributed by atoms with van der Waals surface area (Å²) in [5, 5.41) is 3.86. The van der Waals surface area contributed by atoms with Crippen LogP contribution in [0.15, 0.2) is 29.6 Å². The van der Waals surface area contributed by atoms with Gasteiger partial charge in [0.1, 0.15) is 10.8 Å². The van der Waals surface area contributed by atoms with Crippen molar-refractivity contribution in [3.63, 3.8) is 0 Å². The number of hydrogen-bond donors (Lipinski definition) is 0. The predicted octanol–water partition coefficient (Wildman–Crippen LogP) is 2.83. The van der Waals surface area contributed by atoms with Crippen molar-refractivity contribution in [1.82, 2.24) is 14.8 Å². The first kappa shape index (κ1) is 17.2. The van der Waals surface area contributed by atoms with Gasteiger partial charge in [-0.05, 0) is 31.2 Å². The van der Waals surface area contributed by atoms with Crippen LogP contribution < -0.4 is 4.74 Å². The van der Waals surface area contributed by atoms with E-state index in [1.165, 1.54) is 0 Å². The fraction of sp³-hybridized carbons (Fsp3) is 0.412. The van der Waals surface area contributed by atoms with Gasteiger partial charge in [-0.25, -0.2) is 4.98 Å².